The van der Waals surface area contributed by atoms with Gasteiger partial charge >= 0.3 is 0 Å². The average Bonchev–Trinajstić information content (AvgIpc) is 2.90. The van der Waals surface area contributed by atoms with E-state index in [4.69, 9.17) is 10.3 Å². The van der Waals surface area contributed by atoms with Crippen molar-refractivity contribution in [1.29, 1.82) is 0 Å². The molecule has 0 radical (unpaired) electrons. The third-order valence-corrected chi connectivity index (χ3v) is 3.16. The molecule has 3 aromatic rings. The van der Waals surface area contributed by atoms with Crippen LogP contribution in [0.4, 0.5) is 10.1 Å². The maximum absolute atomic E-state index is 13.2. The van der Waals surface area contributed by atoms with Gasteiger partial charge in [0.15, 0.2) is 5.82 Å². The molecule has 0 atom stereocenters. The van der Waals surface area contributed by atoms with E-state index in [0.29, 0.717) is 29.4 Å². The van der Waals surface area contributed by atoms with Crippen LogP contribution in [-0.2, 0) is 6.42 Å². The summed E-state index contributed by atoms with van der Waals surface area (Å²) in [6.45, 7) is 1.97. The third kappa shape index (κ3) is 2.91. The molecule has 21 heavy (non-hydrogen) atoms. The minimum Gasteiger partial charge on any atom is -0.398 e. The van der Waals surface area contributed by atoms with Gasteiger partial charge < -0.3 is 10.3 Å². The summed E-state index contributed by atoms with van der Waals surface area (Å²) in [6, 6.07) is 12.0. The fraction of sp³-hybridized carbons (Fsp3) is 0.125. The molecule has 1 heterocycles. The molecule has 2 N–H and O–H groups in total. The van der Waals surface area contributed by atoms with Crippen LogP contribution in [0.15, 0.2) is 47.0 Å². The van der Waals surface area contributed by atoms with E-state index >= 15 is 0 Å². The Balaban J connectivity index is 1.88. The standard InChI is InChI=1S/C16H14FN3O/c1-10-5-6-14(18)13(7-10)16-19-15(20-21-16)9-11-3-2-4-12(17)8-11/h2-8H,9,18H2,1H3. The summed E-state index contributed by atoms with van der Waals surface area (Å²) >= 11 is 0. The lowest BCUT2D eigenvalue weighted by Crippen LogP contribution is -1.93. The molecule has 0 unspecified atom stereocenters. The minimum absolute atomic E-state index is 0.279. The van der Waals surface area contributed by atoms with Gasteiger partial charge in [-0.05, 0) is 36.8 Å². The smallest absolute Gasteiger partial charge is 0.260 e. The molecular weight excluding hydrogens is 269 g/mol. The Morgan fingerprint density at radius 3 is 2.86 bits per heavy atom. The van der Waals surface area contributed by atoms with E-state index in [1.165, 1.54) is 12.1 Å². The molecule has 4 nitrogen and oxygen atoms in total. The Labute approximate surface area is 121 Å². The zero-order valence-corrected chi connectivity index (χ0v) is 11.5. The first-order valence-corrected chi connectivity index (χ1v) is 6.55. The SMILES string of the molecule is Cc1ccc(N)c(-c2nc(Cc3cccc(F)c3)no2)c1. The normalized spacial score (nSPS) is 10.8. The number of nitrogen functional groups attached to an aromatic ring is 1. The second kappa shape index (κ2) is 5.36. The second-order valence-electron chi connectivity index (χ2n) is 4.91. The Bertz CT molecular complexity index is 783. The van der Waals surface area contributed by atoms with E-state index in [9.17, 15) is 4.39 Å². The highest BCUT2D eigenvalue weighted by atomic mass is 19.1. The average molecular weight is 283 g/mol. The molecule has 0 spiro atoms. The molecule has 0 amide bonds. The van der Waals surface area contributed by atoms with Crippen molar-refractivity contribution in [2.24, 2.45) is 0 Å². The van der Waals surface area contributed by atoms with Crippen LogP contribution in [0.5, 0.6) is 0 Å². The van der Waals surface area contributed by atoms with Crippen LogP contribution in [0.1, 0.15) is 17.0 Å². The van der Waals surface area contributed by atoms with Gasteiger partial charge in [0.1, 0.15) is 5.82 Å². The van der Waals surface area contributed by atoms with Crippen LogP contribution < -0.4 is 5.73 Å². The van der Waals surface area contributed by atoms with Gasteiger partial charge in [0.2, 0.25) is 0 Å². The summed E-state index contributed by atoms with van der Waals surface area (Å²) in [4.78, 5) is 4.33. The highest BCUT2D eigenvalue weighted by Crippen LogP contribution is 2.25. The fourth-order valence-electron chi connectivity index (χ4n) is 2.12. The number of benzene rings is 2. The van der Waals surface area contributed by atoms with Crippen LogP contribution in [0.25, 0.3) is 11.5 Å². The van der Waals surface area contributed by atoms with Crippen LogP contribution >= 0.6 is 0 Å². The molecule has 1 aromatic heterocycles. The Morgan fingerprint density at radius 1 is 1.19 bits per heavy atom. The summed E-state index contributed by atoms with van der Waals surface area (Å²) in [6.07, 6.45) is 0.410. The topological polar surface area (TPSA) is 64.9 Å². The predicted molar refractivity (Wildman–Crippen MR) is 78.1 cm³/mol. The first-order chi connectivity index (χ1) is 10.1. The molecule has 0 aliphatic carbocycles. The van der Waals surface area contributed by atoms with Gasteiger partial charge in [0.25, 0.3) is 5.89 Å². The van der Waals surface area contributed by atoms with Gasteiger partial charge in [0, 0.05) is 12.1 Å². The third-order valence-electron chi connectivity index (χ3n) is 3.16. The largest absolute Gasteiger partial charge is 0.398 e. The number of aryl methyl sites for hydroxylation is 1. The Kier molecular flexibility index (Phi) is 3.39. The van der Waals surface area contributed by atoms with Gasteiger partial charge in [-0.25, -0.2) is 4.39 Å². The molecule has 0 aliphatic rings. The summed E-state index contributed by atoms with van der Waals surface area (Å²) in [5.41, 5.74) is 9.08. The lowest BCUT2D eigenvalue weighted by Gasteiger charge is -2.01. The number of rotatable bonds is 3. The molecule has 2 aromatic carbocycles. The van der Waals surface area contributed by atoms with E-state index in [1.54, 1.807) is 12.1 Å². The van der Waals surface area contributed by atoms with E-state index in [0.717, 1.165) is 11.1 Å². The minimum atomic E-state index is -0.279. The number of aromatic nitrogens is 2. The number of nitrogens with zero attached hydrogens (tertiary/aromatic N) is 2. The predicted octanol–water partition coefficient (Wildman–Crippen LogP) is 3.36. The summed E-state index contributed by atoms with van der Waals surface area (Å²) in [5, 5.41) is 3.92. The first-order valence-electron chi connectivity index (χ1n) is 6.55. The maximum Gasteiger partial charge on any atom is 0.260 e. The van der Waals surface area contributed by atoms with Crippen molar-refractivity contribution in [3.05, 3.63) is 65.2 Å². The maximum atomic E-state index is 13.2. The van der Waals surface area contributed by atoms with Crippen LogP contribution in [0.3, 0.4) is 0 Å². The van der Waals surface area contributed by atoms with Crippen molar-refractivity contribution in [3.8, 4) is 11.5 Å². The van der Waals surface area contributed by atoms with E-state index in [2.05, 4.69) is 10.1 Å². The zero-order chi connectivity index (χ0) is 14.8. The Morgan fingerprint density at radius 2 is 2.05 bits per heavy atom. The van der Waals surface area contributed by atoms with E-state index in [1.807, 2.05) is 25.1 Å². The van der Waals surface area contributed by atoms with Crippen LogP contribution in [-0.4, -0.2) is 10.1 Å². The lowest BCUT2D eigenvalue weighted by molar-refractivity contribution is 0.424. The molecule has 106 valence electrons. The molecule has 3 rings (SSSR count). The first kappa shape index (κ1) is 13.3. The zero-order valence-electron chi connectivity index (χ0n) is 11.5. The number of hydrogen-bond acceptors (Lipinski definition) is 4. The molecule has 0 saturated heterocycles. The molecule has 0 saturated carbocycles. The molecule has 5 heteroatoms. The van der Waals surface area contributed by atoms with Crippen molar-refractivity contribution in [3.63, 3.8) is 0 Å². The summed E-state index contributed by atoms with van der Waals surface area (Å²) in [7, 11) is 0. The molecule has 0 aliphatic heterocycles. The van der Waals surface area contributed by atoms with Gasteiger partial charge in [-0.1, -0.05) is 28.9 Å². The second-order valence-corrected chi connectivity index (χ2v) is 4.91. The fourth-order valence-corrected chi connectivity index (χ4v) is 2.12. The highest BCUT2D eigenvalue weighted by Gasteiger charge is 2.12. The van der Waals surface area contributed by atoms with Crippen molar-refractivity contribution in [2.75, 3.05) is 5.73 Å². The highest BCUT2D eigenvalue weighted by molar-refractivity contribution is 5.70. The van der Waals surface area contributed by atoms with E-state index < -0.39 is 0 Å². The number of hydrogen-bond donors (Lipinski definition) is 1. The number of anilines is 1. The Hall–Kier alpha value is -2.69. The molecule has 0 bridgehead atoms. The van der Waals surface area contributed by atoms with Crippen molar-refractivity contribution >= 4 is 5.69 Å². The van der Waals surface area contributed by atoms with Gasteiger partial charge in [-0.3, -0.25) is 0 Å². The van der Waals surface area contributed by atoms with Crippen LogP contribution in [0, 0.1) is 12.7 Å². The quantitative estimate of drug-likeness (QED) is 0.748. The lowest BCUT2D eigenvalue weighted by atomic mass is 10.1. The summed E-state index contributed by atoms with van der Waals surface area (Å²) in [5.74, 6) is 0.596. The monoisotopic (exact) mass is 283 g/mol. The van der Waals surface area contributed by atoms with Gasteiger partial charge in [-0.2, -0.15) is 4.98 Å². The van der Waals surface area contributed by atoms with Crippen molar-refractivity contribution < 1.29 is 8.91 Å². The number of nitrogens with two attached hydrogens (primary N) is 1. The molecule has 0 fully saturated rings. The number of halogens is 1. The van der Waals surface area contributed by atoms with Crippen molar-refractivity contribution in [1.82, 2.24) is 10.1 Å². The van der Waals surface area contributed by atoms with Gasteiger partial charge in [0.05, 0.1) is 5.56 Å². The van der Waals surface area contributed by atoms with Crippen LogP contribution in [0.2, 0.25) is 0 Å². The van der Waals surface area contributed by atoms with Crippen molar-refractivity contribution in [2.45, 2.75) is 13.3 Å². The van der Waals surface area contributed by atoms with E-state index in [-0.39, 0.29) is 5.82 Å². The summed E-state index contributed by atoms with van der Waals surface area (Å²) < 4.78 is 18.4. The van der Waals surface area contributed by atoms with Gasteiger partial charge in [-0.15, -0.1) is 0 Å². The molecular formula is C16H14FN3O.